The summed E-state index contributed by atoms with van der Waals surface area (Å²) in [4.78, 5) is 9.44. The SMILES string of the molecule is CCN1CCN(CC(C)CNC(=NC)NCCc2ccc(OC)cc2)CC1. The standard InChI is InChI=1S/C21H37N5O/c1-5-25-12-14-26(15-13-25)17-18(2)16-24-21(22-3)23-11-10-19-6-8-20(27-4)9-7-19/h6-9,18H,5,10-17H2,1-4H3,(H2,22,23,24). The number of aliphatic imine (C=N–C) groups is 1. The molecule has 1 aliphatic rings. The van der Waals surface area contributed by atoms with E-state index in [2.05, 4.69) is 51.4 Å². The molecule has 152 valence electrons. The van der Waals surface area contributed by atoms with Crippen molar-refractivity contribution >= 4 is 5.96 Å². The van der Waals surface area contributed by atoms with Crippen molar-refractivity contribution in [2.45, 2.75) is 20.3 Å². The smallest absolute Gasteiger partial charge is 0.190 e. The van der Waals surface area contributed by atoms with Crippen LogP contribution in [-0.2, 0) is 6.42 Å². The Hall–Kier alpha value is -1.79. The van der Waals surface area contributed by atoms with Crippen LogP contribution < -0.4 is 15.4 Å². The van der Waals surface area contributed by atoms with Gasteiger partial charge >= 0.3 is 0 Å². The van der Waals surface area contributed by atoms with Gasteiger partial charge < -0.3 is 25.2 Å². The fraction of sp³-hybridized carbons (Fsp3) is 0.667. The first-order valence-electron chi connectivity index (χ1n) is 10.2. The Morgan fingerprint density at radius 1 is 1.11 bits per heavy atom. The summed E-state index contributed by atoms with van der Waals surface area (Å²) in [6.45, 7) is 13.4. The van der Waals surface area contributed by atoms with Crippen molar-refractivity contribution in [2.75, 3.05) is 66.5 Å². The first-order valence-corrected chi connectivity index (χ1v) is 10.2. The monoisotopic (exact) mass is 375 g/mol. The van der Waals surface area contributed by atoms with E-state index >= 15 is 0 Å². The predicted octanol–water partition coefficient (Wildman–Crippen LogP) is 1.68. The third-order valence-corrected chi connectivity index (χ3v) is 5.19. The highest BCUT2D eigenvalue weighted by atomic mass is 16.5. The number of methoxy groups -OCH3 is 1. The summed E-state index contributed by atoms with van der Waals surface area (Å²) < 4.78 is 5.20. The molecule has 0 aliphatic carbocycles. The normalized spacial score (nSPS) is 17.6. The lowest BCUT2D eigenvalue weighted by Crippen LogP contribution is -2.48. The molecule has 6 nitrogen and oxygen atoms in total. The number of benzene rings is 1. The molecule has 1 unspecified atom stereocenters. The van der Waals surface area contributed by atoms with Gasteiger partial charge in [0, 0.05) is 52.9 Å². The van der Waals surface area contributed by atoms with Gasteiger partial charge in [0.2, 0.25) is 0 Å². The highest BCUT2D eigenvalue weighted by Crippen LogP contribution is 2.11. The second-order valence-electron chi connectivity index (χ2n) is 7.32. The van der Waals surface area contributed by atoms with Crippen LogP contribution in [0.1, 0.15) is 19.4 Å². The molecule has 6 heteroatoms. The van der Waals surface area contributed by atoms with Crippen LogP contribution in [0.15, 0.2) is 29.3 Å². The number of likely N-dealkylation sites (N-methyl/N-ethyl adjacent to an activating group) is 1. The molecule has 0 radical (unpaired) electrons. The maximum absolute atomic E-state index is 5.20. The molecule has 0 bridgehead atoms. The van der Waals surface area contributed by atoms with Gasteiger partial charge in [-0.3, -0.25) is 4.99 Å². The van der Waals surface area contributed by atoms with Gasteiger partial charge in [-0.15, -0.1) is 0 Å². The number of nitrogens with one attached hydrogen (secondary N) is 2. The van der Waals surface area contributed by atoms with Gasteiger partial charge in [0.25, 0.3) is 0 Å². The van der Waals surface area contributed by atoms with E-state index in [1.807, 2.05) is 19.2 Å². The first kappa shape index (κ1) is 21.5. The Balaban J connectivity index is 1.62. The number of guanidine groups is 1. The number of hydrogen-bond acceptors (Lipinski definition) is 4. The summed E-state index contributed by atoms with van der Waals surface area (Å²) in [5.74, 6) is 2.37. The number of nitrogens with zero attached hydrogens (tertiary/aromatic N) is 3. The average molecular weight is 376 g/mol. The fourth-order valence-electron chi connectivity index (χ4n) is 3.40. The lowest BCUT2D eigenvalue weighted by Gasteiger charge is -2.35. The molecule has 1 heterocycles. The first-order chi connectivity index (χ1) is 13.1. The lowest BCUT2D eigenvalue weighted by molar-refractivity contribution is 0.124. The highest BCUT2D eigenvalue weighted by Gasteiger charge is 2.17. The molecule has 1 fully saturated rings. The van der Waals surface area contributed by atoms with Crippen LogP contribution in [0.25, 0.3) is 0 Å². The number of ether oxygens (including phenoxy) is 1. The fourth-order valence-corrected chi connectivity index (χ4v) is 3.40. The number of rotatable bonds is 9. The van der Waals surface area contributed by atoms with E-state index in [-0.39, 0.29) is 0 Å². The molecule has 0 aromatic heterocycles. The van der Waals surface area contributed by atoms with Crippen LogP contribution in [-0.4, -0.2) is 82.3 Å². The zero-order chi connectivity index (χ0) is 19.5. The minimum Gasteiger partial charge on any atom is -0.497 e. The molecule has 0 saturated carbocycles. The van der Waals surface area contributed by atoms with Crippen molar-refractivity contribution in [1.82, 2.24) is 20.4 Å². The summed E-state index contributed by atoms with van der Waals surface area (Å²) in [6, 6.07) is 8.23. The Bertz CT molecular complexity index is 552. The van der Waals surface area contributed by atoms with Crippen LogP contribution in [0.2, 0.25) is 0 Å². The van der Waals surface area contributed by atoms with E-state index in [4.69, 9.17) is 4.74 Å². The van der Waals surface area contributed by atoms with Crippen LogP contribution in [0.3, 0.4) is 0 Å². The van der Waals surface area contributed by atoms with Crippen molar-refractivity contribution in [3.63, 3.8) is 0 Å². The van der Waals surface area contributed by atoms with Crippen LogP contribution in [0.5, 0.6) is 5.75 Å². The molecule has 1 aromatic carbocycles. The number of piperazine rings is 1. The van der Waals surface area contributed by atoms with E-state index in [9.17, 15) is 0 Å². The Morgan fingerprint density at radius 2 is 1.78 bits per heavy atom. The van der Waals surface area contributed by atoms with Gasteiger partial charge in [-0.2, -0.15) is 0 Å². The molecule has 27 heavy (non-hydrogen) atoms. The molecule has 2 rings (SSSR count). The summed E-state index contributed by atoms with van der Waals surface area (Å²) in [5, 5.41) is 6.87. The van der Waals surface area contributed by atoms with E-state index in [1.54, 1.807) is 7.11 Å². The third kappa shape index (κ3) is 7.77. The van der Waals surface area contributed by atoms with E-state index in [0.717, 1.165) is 37.8 Å². The molecular weight excluding hydrogens is 338 g/mol. The largest absolute Gasteiger partial charge is 0.497 e. The maximum atomic E-state index is 5.20. The van der Waals surface area contributed by atoms with Crippen molar-refractivity contribution < 1.29 is 4.74 Å². The molecule has 0 spiro atoms. The Kier molecular flexibility index (Phi) is 9.42. The average Bonchev–Trinajstić information content (AvgIpc) is 2.71. The molecule has 1 atom stereocenters. The van der Waals surface area contributed by atoms with Crippen LogP contribution in [0, 0.1) is 5.92 Å². The van der Waals surface area contributed by atoms with Gasteiger partial charge in [0.15, 0.2) is 5.96 Å². The van der Waals surface area contributed by atoms with Gasteiger partial charge in [-0.05, 0) is 36.6 Å². The number of hydrogen-bond donors (Lipinski definition) is 2. The van der Waals surface area contributed by atoms with Crippen molar-refractivity contribution in [3.05, 3.63) is 29.8 Å². The minimum absolute atomic E-state index is 0.596. The summed E-state index contributed by atoms with van der Waals surface area (Å²) in [6.07, 6.45) is 0.960. The van der Waals surface area contributed by atoms with Crippen LogP contribution in [0.4, 0.5) is 0 Å². The zero-order valence-electron chi connectivity index (χ0n) is 17.5. The molecule has 0 amide bonds. The van der Waals surface area contributed by atoms with Gasteiger partial charge in [0.1, 0.15) is 5.75 Å². The summed E-state index contributed by atoms with van der Waals surface area (Å²) in [7, 11) is 3.52. The highest BCUT2D eigenvalue weighted by molar-refractivity contribution is 5.79. The predicted molar refractivity (Wildman–Crippen MR) is 114 cm³/mol. The van der Waals surface area contributed by atoms with Crippen molar-refractivity contribution in [3.8, 4) is 5.75 Å². The van der Waals surface area contributed by atoms with Gasteiger partial charge in [0.05, 0.1) is 7.11 Å². The molecule has 1 saturated heterocycles. The minimum atomic E-state index is 0.596. The quantitative estimate of drug-likeness (QED) is 0.508. The molecular formula is C21H37N5O. The Morgan fingerprint density at radius 3 is 2.37 bits per heavy atom. The second kappa shape index (κ2) is 11.8. The van der Waals surface area contributed by atoms with E-state index in [0.29, 0.717) is 5.92 Å². The maximum Gasteiger partial charge on any atom is 0.190 e. The van der Waals surface area contributed by atoms with Crippen LogP contribution >= 0.6 is 0 Å². The topological polar surface area (TPSA) is 52.1 Å². The van der Waals surface area contributed by atoms with Crippen molar-refractivity contribution in [1.29, 1.82) is 0 Å². The third-order valence-electron chi connectivity index (χ3n) is 5.19. The van der Waals surface area contributed by atoms with Gasteiger partial charge in [-0.25, -0.2) is 0 Å². The van der Waals surface area contributed by atoms with Crippen molar-refractivity contribution in [2.24, 2.45) is 10.9 Å². The molecule has 1 aromatic rings. The second-order valence-corrected chi connectivity index (χ2v) is 7.32. The lowest BCUT2D eigenvalue weighted by atomic mass is 10.1. The molecule has 1 aliphatic heterocycles. The Labute approximate surface area is 165 Å². The van der Waals surface area contributed by atoms with E-state index < -0.39 is 0 Å². The van der Waals surface area contributed by atoms with E-state index in [1.165, 1.54) is 38.3 Å². The summed E-state index contributed by atoms with van der Waals surface area (Å²) in [5.41, 5.74) is 1.29. The van der Waals surface area contributed by atoms with Gasteiger partial charge in [-0.1, -0.05) is 26.0 Å². The summed E-state index contributed by atoms with van der Waals surface area (Å²) >= 11 is 0. The zero-order valence-corrected chi connectivity index (χ0v) is 17.5. The molecule has 2 N–H and O–H groups in total.